The maximum atomic E-state index is 4.40. The number of hydrogen-bond donors (Lipinski definition) is 1. The average molecular weight is 226 g/mol. The van der Waals surface area contributed by atoms with Gasteiger partial charge in [-0.2, -0.15) is 5.10 Å². The minimum Gasteiger partial charge on any atom is -0.368 e. The number of benzene rings is 1. The quantitative estimate of drug-likeness (QED) is 0.856. The molecule has 0 bridgehead atoms. The Kier molecular flexibility index (Phi) is 2.62. The molecule has 1 aliphatic heterocycles. The zero-order valence-electron chi connectivity index (χ0n) is 9.50. The number of amidine groups is 1. The SMILES string of the molecule is c1cnn(Cc2ccc(C3=NCCN3)cc2)c1. The Morgan fingerprint density at radius 2 is 2.12 bits per heavy atom. The van der Waals surface area contributed by atoms with E-state index in [0.717, 1.165) is 31.0 Å². The average Bonchev–Trinajstić information content (AvgIpc) is 3.01. The summed E-state index contributed by atoms with van der Waals surface area (Å²) in [6.07, 6.45) is 3.77. The molecule has 0 atom stereocenters. The lowest BCUT2D eigenvalue weighted by atomic mass is 10.1. The molecule has 3 rings (SSSR count). The van der Waals surface area contributed by atoms with E-state index in [0.29, 0.717) is 0 Å². The van der Waals surface area contributed by atoms with Gasteiger partial charge in [0.2, 0.25) is 0 Å². The molecule has 1 aliphatic rings. The molecule has 0 amide bonds. The number of nitrogens with zero attached hydrogens (tertiary/aromatic N) is 3. The lowest BCUT2D eigenvalue weighted by Crippen LogP contribution is -2.19. The first-order valence-corrected chi connectivity index (χ1v) is 5.77. The summed E-state index contributed by atoms with van der Waals surface area (Å²) in [6, 6.07) is 10.4. The van der Waals surface area contributed by atoms with E-state index in [1.165, 1.54) is 5.56 Å². The van der Waals surface area contributed by atoms with Crippen molar-refractivity contribution in [2.24, 2.45) is 4.99 Å². The molecular weight excluding hydrogens is 212 g/mol. The first kappa shape index (κ1) is 10.1. The summed E-state index contributed by atoms with van der Waals surface area (Å²) in [6.45, 7) is 2.64. The Bertz CT molecular complexity index is 511. The van der Waals surface area contributed by atoms with Crippen LogP contribution in [0.15, 0.2) is 47.7 Å². The third-order valence-electron chi connectivity index (χ3n) is 2.81. The van der Waals surface area contributed by atoms with E-state index in [2.05, 4.69) is 39.7 Å². The number of hydrogen-bond acceptors (Lipinski definition) is 3. The standard InChI is InChI=1S/C13H14N4/c1-6-16-17(9-1)10-11-2-4-12(5-3-11)13-14-7-8-15-13/h1-6,9H,7-8,10H2,(H,14,15). The van der Waals surface area contributed by atoms with E-state index in [4.69, 9.17) is 0 Å². The van der Waals surface area contributed by atoms with Crippen molar-refractivity contribution in [1.29, 1.82) is 0 Å². The van der Waals surface area contributed by atoms with E-state index in [9.17, 15) is 0 Å². The maximum Gasteiger partial charge on any atom is 0.128 e. The van der Waals surface area contributed by atoms with Crippen molar-refractivity contribution in [3.63, 3.8) is 0 Å². The highest BCUT2D eigenvalue weighted by Crippen LogP contribution is 2.08. The van der Waals surface area contributed by atoms with Gasteiger partial charge in [0.25, 0.3) is 0 Å². The Balaban J connectivity index is 1.76. The number of aliphatic imine (C=N–C) groups is 1. The molecule has 0 saturated heterocycles. The van der Waals surface area contributed by atoms with Gasteiger partial charge in [0, 0.05) is 24.5 Å². The van der Waals surface area contributed by atoms with Gasteiger partial charge in [0.15, 0.2) is 0 Å². The molecule has 0 spiro atoms. The summed E-state index contributed by atoms with van der Waals surface area (Å²) < 4.78 is 1.92. The van der Waals surface area contributed by atoms with Crippen LogP contribution >= 0.6 is 0 Å². The van der Waals surface area contributed by atoms with Gasteiger partial charge in [-0.25, -0.2) is 0 Å². The molecule has 17 heavy (non-hydrogen) atoms. The van der Waals surface area contributed by atoms with Crippen LogP contribution in [0.3, 0.4) is 0 Å². The summed E-state index contributed by atoms with van der Waals surface area (Å²) in [4.78, 5) is 4.40. The number of nitrogens with one attached hydrogen (secondary N) is 1. The lowest BCUT2D eigenvalue weighted by Gasteiger charge is -2.05. The normalized spacial score (nSPS) is 14.5. The Hall–Kier alpha value is -2.10. The van der Waals surface area contributed by atoms with E-state index in [1.54, 1.807) is 6.20 Å². The van der Waals surface area contributed by atoms with Crippen LogP contribution in [-0.2, 0) is 6.54 Å². The highest BCUT2D eigenvalue weighted by Gasteiger charge is 2.07. The van der Waals surface area contributed by atoms with E-state index in [-0.39, 0.29) is 0 Å². The summed E-state index contributed by atoms with van der Waals surface area (Å²) in [5, 5.41) is 7.46. The predicted octanol–water partition coefficient (Wildman–Crippen LogP) is 1.28. The maximum absolute atomic E-state index is 4.40. The van der Waals surface area contributed by atoms with Gasteiger partial charge in [0.1, 0.15) is 5.84 Å². The third-order valence-corrected chi connectivity index (χ3v) is 2.81. The molecule has 2 heterocycles. The van der Waals surface area contributed by atoms with Crippen LogP contribution < -0.4 is 5.32 Å². The van der Waals surface area contributed by atoms with Crippen molar-refractivity contribution in [3.8, 4) is 0 Å². The molecule has 1 aromatic heterocycles. The van der Waals surface area contributed by atoms with Crippen molar-refractivity contribution in [2.45, 2.75) is 6.54 Å². The van der Waals surface area contributed by atoms with E-state index in [1.807, 2.05) is 16.9 Å². The van der Waals surface area contributed by atoms with Crippen molar-refractivity contribution >= 4 is 5.84 Å². The van der Waals surface area contributed by atoms with Crippen molar-refractivity contribution in [3.05, 3.63) is 53.9 Å². The van der Waals surface area contributed by atoms with Gasteiger partial charge >= 0.3 is 0 Å². The molecule has 0 aliphatic carbocycles. The molecule has 0 unspecified atom stereocenters. The van der Waals surface area contributed by atoms with Crippen LogP contribution in [0.1, 0.15) is 11.1 Å². The lowest BCUT2D eigenvalue weighted by molar-refractivity contribution is 0.687. The zero-order chi connectivity index (χ0) is 11.5. The van der Waals surface area contributed by atoms with Crippen molar-refractivity contribution < 1.29 is 0 Å². The van der Waals surface area contributed by atoms with Gasteiger partial charge in [-0.15, -0.1) is 0 Å². The first-order chi connectivity index (χ1) is 8.42. The van der Waals surface area contributed by atoms with Crippen molar-refractivity contribution in [2.75, 3.05) is 13.1 Å². The van der Waals surface area contributed by atoms with Gasteiger partial charge in [-0.3, -0.25) is 9.67 Å². The smallest absolute Gasteiger partial charge is 0.128 e. The second-order valence-electron chi connectivity index (χ2n) is 4.06. The Labute approximate surface area is 100.0 Å². The topological polar surface area (TPSA) is 42.2 Å². The molecule has 0 saturated carbocycles. The van der Waals surface area contributed by atoms with Crippen LogP contribution in [0.2, 0.25) is 0 Å². The predicted molar refractivity (Wildman–Crippen MR) is 67.2 cm³/mol. The summed E-state index contributed by atoms with van der Waals surface area (Å²) in [7, 11) is 0. The van der Waals surface area contributed by atoms with Gasteiger partial charge < -0.3 is 5.32 Å². The first-order valence-electron chi connectivity index (χ1n) is 5.77. The fourth-order valence-electron chi connectivity index (χ4n) is 1.94. The van der Waals surface area contributed by atoms with Crippen LogP contribution in [0.4, 0.5) is 0 Å². The van der Waals surface area contributed by atoms with Gasteiger partial charge in [-0.05, 0) is 11.6 Å². The van der Waals surface area contributed by atoms with Crippen LogP contribution in [0.5, 0.6) is 0 Å². The highest BCUT2D eigenvalue weighted by molar-refractivity contribution is 5.99. The van der Waals surface area contributed by atoms with Gasteiger partial charge in [0.05, 0.1) is 13.1 Å². The van der Waals surface area contributed by atoms with Crippen LogP contribution in [-0.4, -0.2) is 28.7 Å². The molecule has 86 valence electrons. The largest absolute Gasteiger partial charge is 0.368 e. The Morgan fingerprint density at radius 3 is 2.76 bits per heavy atom. The van der Waals surface area contributed by atoms with Crippen LogP contribution in [0, 0.1) is 0 Å². The molecule has 0 fully saturated rings. The number of aromatic nitrogens is 2. The number of rotatable bonds is 3. The highest BCUT2D eigenvalue weighted by atomic mass is 15.3. The fourth-order valence-corrected chi connectivity index (χ4v) is 1.94. The second kappa shape index (κ2) is 4.41. The van der Waals surface area contributed by atoms with Crippen molar-refractivity contribution in [1.82, 2.24) is 15.1 Å². The molecule has 0 radical (unpaired) electrons. The van der Waals surface area contributed by atoms with E-state index >= 15 is 0 Å². The van der Waals surface area contributed by atoms with E-state index < -0.39 is 0 Å². The molecule has 1 aromatic carbocycles. The monoisotopic (exact) mass is 226 g/mol. The molecule has 4 heteroatoms. The molecular formula is C13H14N4. The molecule has 4 nitrogen and oxygen atoms in total. The summed E-state index contributed by atoms with van der Waals surface area (Å²) in [5.41, 5.74) is 2.41. The zero-order valence-corrected chi connectivity index (χ0v) is 9.50. The minimum absolute atomic E-state index is 0.813. The van der Waals surface area contributed by atoms with Crippen LogP contribution in [0.25, 0.3) is 0 Å². The minimum atomic E-state index is 0.813. The molecule has 1 N–H and O–H groups in total. The summed E-state index contributed by atoms with van der Waals surface area (Å²) >= 11 is 0. The Morgan fingerprint density at radius 1 is 1.24 bits per heavy atom. The summed E-state index contributed by atoms with van der Waals surface area (Å²) in [5.74, 6) is 1.01. The fraction of sp³-hybridized carbons (Fsp3) is 0.231. The molecule has 2 aromatic rings. The second-order valence-corrected chi connectivity index (χ2v) is 4.06. The van der Waals surface area contributed by atoms with Gasteiger partial charge in [-0.1, -0.05) is 24.3 Å². The third kappa shape index (κ3) is 2.20.